The van der Waals surface area contributed by atoms with Gasteiger partial charge in [-0.3, -0.25) is 9.48 Å². The number of hydrogen-bond donors (Lipinski definition) is 2. The van der Waals surface area contributed by atoms with Crippen LogP contribution in [0, 0.1) is 11.3 Å². The van der Waals surface area contributed by atoms with Crippen molar-refractivity contribution in [2.45, 2.75) is 50.0 Å². The fourth-order valence-electron chi connectivity index (χ4n) is 4.33. The number of aliphatic hydroxyl groups is 1. The predicted octanol–water partition coefficient (Wildman–Crippen LogP) is 0.240. The third kappa shape index (κ3) is 4.13. The number of anilines is 1. The lowest BCUT2D eigenvalue weighted by Gasteiger charge is -2.51. The van der Waals surface area contributed by atoms with Gasteiger partial charge in [0.2, 0.25) is 5.91 Å². The summed E-state index contributed by atoms with van der Waals surface area (Å²) in [4.78, 5) is 22.7. The van der Waals surface area contributed by atoms with E-state index in [1.165, 1.54) is 10.9 Å². The normalized spacial score (nSPS) is 25.6. The number of nitriles is 1. The van der Waals surface area contributed by atoms with Gasteiger partial charge in [-0.05, 0) is 25.8 Å². The summed E-state index contributed by atoms with van der Waals surface area (Å²) in [6.45, 7) is 3.39. The summed E-state index contributed by atoms with van der Waals surface area (Å²) in [5.74, 6) is 0.367. The molecule has 4 heterocycles. The summed E-state index contributed by atoms with van der Waals surface area (Å²) in [7, 11) is 0. The largest absolute Gasteiger partial charge is 0.388 e. The molecule has 4 rings (SSSR count). The molecule has 1 spiro atoms. The molecule has 30 heavy (non-hydrogen) atoms. The van der Waals surface area contributed by atoms with E-state index in [1.54, 1.807) is 31.6 Å². The number of carbonyl (C=O) groups is 1. The van der Waals surface area contributed by atoms with Crippen LogP contribution in [0.4, 0.5) is 5.82 Å². The quantitative estimate of drug-likeness (QED) is 0.732. The van der Waals surface area contributed by atoms with Gasteiger partial charge in [0.05, 0.1) is 23.9 Å². The van der Waals surface area contributed by atoms with E-state index in [1.807, 2.05) is 4.90 Å². The van der Waals surface area contributed by atoms with Crippen LogP contribution < -0.4 is 10.2 Å². The van der Waals surface area contributed by atoms with Gasteiger partial charge in [0, 0.05) is 44.3 Å². The van der Waals surface area contributed by atoms with Crippen LogP contribution in [0.3, 0.4) is 0 Å². The van der Waals surface area contributed by atoms with Gasteiger partial charge in [-0.15, -0.1) is 0 Å². The van der Waals surface area contributed by atoms with Crippen LogP contribution in [0.1, 0.15) is 31.9 Å². The van der Waals surface area contributed by atoms with Crippen molar-refractivity contribution in [1.29, 1.82) is 5.26 Å². The number of aromatic nitrogens is 4. The first-order chi connectivity index (χ1) is 14.4. The SMILES string of the molecule is C[C@]1(O)CC2(CCN(c3nccnc3C#N)CC2)OC[C@@H]1NC(=O)Cn1cccn1. The number of ether oxygens (including phenoxy) is 1. The Morgan fingerprint density at radius 3 is 2.80 bits per heavy atom. The molecule has 0 aliphatic carbocycles. The Balaban J connectivity index is 1.36. The van der Waals surface area contributed by atoms with Crippen LogP contribution in [0.2, 0.25) is 0 Å². The molecular weight excluding hydrogens is 386 g/mol. The van der Waals surface area contributed by atoms with Crippen LogP contribution in [0.25, 0.3) is 0 Å². The summed E-state index contributed by atoms with van der Waals surface area (Å²) < 4.78 is 7.74. The molecule has 2 aromatic heterocycles. The lowest BCUT2D eigenvalue weighted by atomic mass is 9.75. The molecule has 1 amide bonds. The Hall–Kier alpha value is -3.03. The first-order valence-corrected chi connectivity index (χ1v) is 10.00. The van der Waals surface area contributed by atoms with Crippen molar-refractivity contribution in [2.24, 2.45) is 0 Å². The lowest BCUT2D eigenvalue weighted by Crippen LogP contribution is -2.64. The molecule has 2 N–H and O–H groups in total. The second-order valence-electron chi connectivity index (χ2n) is 8.18. The second-order valence-corrected chi connectivity index (χ2v) is 8.18. The van der Waals surface area contributed by atoms with Crippen molar-refractivity contribution in [3.63, 3.8) is 0 Å². The van der Waals surface area contributed by atoms with Crippen LogP contribution in [-0.4, -0.2) is 67.7 Å². The number of rotatable bonds is 4. The highest BCUT2D eigenvalue weighted by molar-refractivity contribution is 5.76. The zero-order valence-electron chi connectivity index (χ0n) is 16.9. The fraction of sp³-hybridized carbons (Fsp3) is 0.550. The summed E-state index contributed by atoms with van der Waals surface area (Å²) >= 11 is 0. The minimum absolute atomic E-state index is 0.0962. The minimum atomic E-state index is -1.09. The predicted molar refractivity (Wildman–Crippen MR) is 106 cm³/mol. The molecule has 0 unspecified atom stereocenters. The second kappa shape index (κ2) is 8.01. The topological polar surface area (TPSA) is 129 Å². The summed E-state index contributed by atoms with van der Waals surface area (Å²) in [5, 5.41) is 27.3. The van der Waals surface area contributed by atoms with Crippen LogP contribution in [0.5, 0.6) is 0 Å². The van der Waals surface area contributed by atoms with Gasteiger partial charge in [-0.1, -0.05) is 0 Å². The molecule has 10 nitrogen and oxygen atoms in total. The van der Waals surface area contributed by atoms with E-state index in [0.717, 1.165) is 0 Å². The van der Waals surface area contributed by atoms with Crippen molar-refractivity contribution < 1.29 is 14.6 Å². The van der Waals surface area contributed by atoms with E-state index in [4.69, 9.17) is 4.74 Å². The first-order valence-electron chi connectivity index (χ1n) is 10.00. The number of hydrogen-bond acceptors (Lipinski definition) is 8. The molecule has 2 aliphatic rings. The van der Waals surface area contributed by atoms with E-state index in [0.29, 0.717) is 43.9 Å². The number of carbonyl (C=O) groups excluding carboxylic acids is 1. The molecule has 2 aromatic rings. The summed E-state index contributed by atoms with van der Waals surface area (Å²) in [5.41, 5.74) is -1.24. The summed E-state index contributed by atoms with van der Waals surface area (Å²) in [6, 6.07) is 3.35. The maximum Gasteiger partial charge on any atom is 0.242 e. The molecule has 0 saturated carbocycles. The Labute approximate surface area is 174 Å². The van der Waals surface area contributed by atoms with E-state index in [9.17, 15) is 15.2 Å². The zero-order chi connectivity index (χ0) is 21.2. The van der Waals surface area contributed by atoms with E-state index >= 15 is 0 Å². The average Bonchev–Trinajstić information content (AvgIpc) is 3.23. The Morgan fingerprint density at radius 2 is 2.13 bits per heavy atom. The maximum atomic E-state index is 12.3. The zero-order valence-corrected chi connectivity index (χ0v) is 16.9. The standard InChI is InChI=1S/C20H25N7O3/c1-19(29)14-20(30-13-16(19)25-17(28)12-27-8-2-5-24-27)3-9-26(10-4-20)18-15(11-21)22-6-7-23-18/h2,5-8,16,29H,3-4,9-10,12-14H2,1H3,(H,25,28)/t16-,19-/m0/s1. The van der Waals surface area contributed by atoms with Crippen molar-refractivity contribution in [3.8, 4) is 6.07 Å². The first kappa shape index (κ1) is 20.3. The minimum Gasteiger partial charge on any atom is -0.388 e. The van der Waals surface area contributed by atoms with Gasteiger partial charge in [0.15, 0.2) is 11.5 Å². The Kier molecular flexibility index (Phi) is 5.40. The Bertz CT molecular complexity index is 930. The van der Waals surface area contributed by atoms with Crippen molar-refractivity contribution >= 4 is 11.7 Å². The maximum absolute atomic E-state index is 12.3. The van der Waals surface area contributed by atoms with Gasteiger partial charge in [0.25, 0.3) is 0 Å². The summed E-state index contributed by atoms with van der Waals surface area (Å²) in [6.07, 6.45) is 8.23. The van der Waals surface area contributed by atoms with Gasteiger partial charge in [-0.2, -0.15) is 10.4 Å². The highest BCUT2D eigenvalue weighted by Gasteiger charge is 2.49. The molecule has 2 atom stereocenters. The molecular formula is C20H25N7O3. The average molecular weight is 411 g/mol. The molecule has 2 fully saturated rings. The number of nitrogens with one attached hydrogen (secondary N) is 1. The third-order valence-electron chi connectivity index (χ3n) is 5.95. The molecule has 2 aliphatic heterocycles. The molecule has 0 bridgehead atoms. The van der Waals surface area contributed by atoms with Crippen molar-refractivity contribution in [3.05, 3.63) is 36.5 Å². The monoisotopic (exact) mass is 411 g/mol. The third-order valence-corrected chi connectivity index (χ3v) is 5.95. The number of amides is 1. The molecule has 0 radical (unpaired) electrons. The highest BCUT2D eigenvalue weighted by Crippen LogP contribution is 2.40. The van der Waals surface area contributed by atoms with Crippen LogP contribution >= 0.6 is 0 Å². The lowest BCUT2D eigenvalue weighted by molar-refractivity contribution is -0.181. The van der Waals surface area contributed by atoms with E-state index in [2.05, 4.69) is 26.5 Å². The highest BCUT2D eigenvalue weighted by atomic mass is 16.5. The van der Waals surface area contributed by atoms with E-state index < -0.39 is 17.2 Å². The van der Waals surface area contributed by atoms with Gasteiger partial charge >= 0.3 is 0 Å². The van der Waals surface area contributed by atoms with E-state index in [-0.39, 0.29) is 19.1 Å². The fourth-order valence-corrected chi connectivity index (χ4v) is 4.33. The molecule has 2 saturated heterocycles. The van der Waals surface area contributed by atoms with Crippen molar-refractivity contribution in [2.75, 3.05) is 24.6 Å². The van der Waals surface area contributed by atoms with Crippen molar-refractivity contribution in [1.82, 2.24) is 25.1 Å². The van der Waals surface area contributed by atoms with Gasteiger partial charge in [0.1, 0.15) is 12.6 Å². The Morgan fingerprint density at radius 1 is 1.37 bits per heavy atom. The number of piperidine rings is 1. The van der Waals surface area contributed by atoms with Gasteiger partial charge in [-0.25, -0.2) is 9.97 Å². The van der Waals surface area contributed by atoms with Gasteiger partial charge < -0.3 is 20.1 Å². The molecule has 0 aromatic carbocycles. The molecule has 10 heteroatoms. The smallest absolute Gasteiger partial charge is 0.242 e. The number of nitrogens with zero attached hydrogens (tertiary/aromatic N) is 6. The van der Waals surface area contributed by atoms with Crippen LogP contribution in [-0.2, 0) is 16.1 Å². The molecule has 158 valence electrons. The van der Waals surface area contributed by atoms with Crippen LogP contribution in [0.15, 0.2) is 30.9 Å².